The predicted octanol–water partition coefficient (Wildman–Crippen LogP) is 6.40. The highest BCUT2D eigenvalue weighted by Gasteiger charge is 2.26. The smallest absolute Gasteiger partial charge is 0.264 e. The average molecular weight is 511 g/mol. The fourth-order valence-corrected chi connectivity index (χ4v) is 6.37. The third kappa shape index (κ3) is 4.02. The molecule has 5 rings (SSSR count). The molecule has 0 amide bonds. The number of hydrogen-bond donors (Lipinski definition) is 0. The maximum absolute atomic E-state index is 13.6. The lowest BCUT2D eigenvalue weighted by atomic mass is 9.98. The van der Waals surface area contributed by atoms with Gasteiger partial charge in [0.05, 0.1) is 11.3 Å². The molecule has 0 saturated carbocycles. The summed E-state index contributed by atoms with van der Waals surface area (Å²) >= 11 is 6.46. The fraction of sp³-hybridized carbons (Fsp3) is 0.208. The average Bonchev–Trinajstić information content (AvgIpc) is 3.33. The van der Waals surface area contributed by atoms with Gasteiger partial charge in [0.25, 0.3) is 5.91 Å². The van der Waals surface area contributed by atoms with Crippen molar-refractivity contribution in [2.24, 2.45) is 0 Å². The second-order valence-corrected chi connectivity index (χ2v) is 10.4. The summed E-state index contributed by atoms with van der Waals surface area (Å²) < 4.78 is 2.66. The van der Waals surface area contributed by atoms with E-state index in [0.29, 0.717) is 16.3 Å². The van der Waals surface area contributed by atoms with Crippen molar-refractivity contribution in [1.82, 2.24) is 9.55 Å². The number of rotatable bonds is 5. The van der Waals surface area contributed by atoms with Gasteiger partial charge in [-0.1, -0.05) is 58.0 Å². The van der Waals surface area contributed by atoms with Crippen molar-refractivity contribution >= 4 is 61.1 Å². The van der Waals surface area contributed by atoms with E-state index in [4.69, 9.17) is 4.98 Å². The summed E-state index contributed by atoms with van der Waals surface area (Å²) in [5.74, 6) is 0.168. The Kier molecular flexibility index (Phi) is 5.82. The Hall–Kier alpha value is -2.22. The van der Waals surface area contributed by atoms with Gasteiger partial charge in [-0.25, -0.2) is 4.98 Å². The monoisotopic (exact) mass is 510 g/mol. The van der Waals surface area contributed by atoms with Crippen molar-refractivity contribution in [3.8, 4) is 0 Å². The molecule has 0 saturated heterocycles. The van der Waals surface area contributed by atoms with E-state index in [-0.39, 0.29) is 17.4 Å². The molecule has 0 unspecified atom stereocenters. The van der Waals surface area contributed by atoms with E-state index in [1.165, 1.54) is 28.6 Å². The molecule has 2 aromatic heterocycles. The van der Waals surface area contributed by atoms with Gasteiger partial charge in [-0.3, -0.25) is 14.2 Å². The van der Waals surface area contributed by atoms with E-state index in [1.54, 1.807) is 15.9 Å². The maximum atomic E-state index is 13.6. The van der Waals surface area contributed by atoms with Crippen LogP contribution < -0.4 is 0 Å². The Morgan fingerprint density at radius 3 is 2.52 bits per heavy atom. The van der Waals surface area contributed by atoms with Crippen molar-refractivity contribution in [1.29, 1.82) is 0 Å². The van der Waals surface area contributed by atoms with E-state index in [1.807, 2.05) is 54.6 Å². The van der Waals surface area contributed by atoms with Gasteiger partial charge in [0, 0.05) is 20.5 Å². The van der Waals surface area contributed by atoms with E-state index >= 15 is 0 Å². The van der Waals surface area contributed by atoms with Crippen LogP contribution in [0.25, 0.3) is 10.3 Å². The largest absolute Gasteiger partial charge is 0.293 e. The van der Waals surface area contributed by atoms with Crippen molar-refractivity contribution in [2.45, 2.75) is 30.8 Å². The number of thiophene rings is 1. The van der Waals surface area contributed by atoms with Crippen LogP contribution in [-0.4, -0.2) is 27.0 Å². The molecular formula is C24H19BrN2O2S2. The molecule has 1 aliphatic carbocycles. The molecule has 2 aromatic carbocycles. The van der Waals surface area contributed by atoms with Gasteiger partial charge < -0.3 is 0 Å². The normalized spacial score (nSPS) is 13.3. The molecule has 0 aliphatic heterocycles. The van der Waals surface area contributed by atoms with Crippen LogP contribution in [0, 0.1) is 0 Å². The number of aryl methyl sites for hydroxylation is 2. The number of hydrogen-bond acceptors (Lipinski definition) is 5. The number of imidazole rings is 1. The Morgan fingerprint density at radius 2 is 1.74 bits per heavy atom. The number of halogens is 1. The summed E-state index contributed by atoms with van der Waals surface area (Å²) in [5.41, 5.74) is 3.47. The Morgan fingerprint density at radius 1 is 1.00 bits per heavy atom. The van der Waals surface area contributed by atoms with Crippen LogP contribution in [0.15, 0.2) is 64.2 Å². The van der Waals surface area contributed by atoms with Crippen molar-refractivity contribution < 1.29 is 9.59 Å². The molecule has 0 radical (unpaired) electrons. The first-order valence-corrected chi connectivity index (χ1v) is 12.8. The predicted molar refractivity (Wildman–Crippen MR) is 130 cm³/mol. The standard InChI is InChI=1S/C24H19BrN2O2S2/c25-17-12-10-16(11-13-17)23(29)27-21-18-8-4-5-9-20(18)31-22(21)26-24(27)30-14-19(28)15-6-2-1-3-7-15/h1-3,6-7,10-13H,4-5,8-9,14H2. The van der Waals surface area contributed by atoms with Gasteiger partial charge in [0.15, 0.2) is 10.9 Å². The molecule has 0 bridgehead atoms. The van der Waals surface area contributed by atoms with Crippen LogP contribution in [0.5, 0.6) is 0 Å². The number of benzene rings is 2. The summed E-state index contributed by atoms with van der Waals surface area (Å²) in [6.45, 7) is 0. The molecule has 2 heterocycles. The van der Waals surface area contributed by atoms with Crippen LogP contribution in [0.3, 0.4) is 0 Å². The van der Waals surface area contributed by atoms with Crippen LogP contribution in [0.2, 0.25) is 0 Å². The van der Waals surface area contributed by atoms with Gasteiger partial charge in [-0.15, -0.1) is 11.3 Å². The summed E-state index contributed by atoms with van der Waals surface area (Å²) in [6, 6.07) is 16.6. The minimum Gasteiger partial charge on any atom is -0.293 e. The van der Waals surface area contributed by atoms with Crippen LogP contribution >= 0.6 is 39.0 Å². The number of fused-ring (bicyclic) bond motifs is 3. The molecule has 4 aromatic rings. The van der Waals surface area contributed by atoms with Crippen LogP contribution in [0.4, 0.5) is 0 Å². The molecule has 1 aliphatic rings. The number of carbonyl (C=O) groups excluding carboxylic acids is 2. The number of Topliss-reactive ketones (excluding diaryl/α,β-unsaturated/α-hetero) is 1. The second kappa shape index (κ2) is 8.73. The summed E-state index contributed by atoms with van der Waals surface area (Å²) in [6.07, 6.45) is 4.34. The van der Waals surface area contributed by atoms with Gasteiger partial charge in [-0.05, 0) is 55.5 Å². The SMILES string of the molecule is O=C(CSc1nc2sc3c(c2n1C(=O)c1ccc(Br)cc1)CCCC3)c1ccccc1. The minimum atomic E-state index is -0.101. The Balaban J connectivity index is 1.55. The number of nitrogens with zero attached hydrogens (tertiary/aromatic N) is 2. The van der Waals surface area contributed by atoms with Gasteiger partial charge >= 0.3 is 0 Å². The molecule has 0 N–H and O–H groups in total. The topological polar surface area (TPSA) is 52.0 Å². The summed E-state index contributed by atoms with van der Waals surface area (Å²) in [4.78, 5) is 33.3. The lowest BCUT2D eigenvalue weighted by molar-refractivity contribution is 0.0953. The van der Waals surface area contributed by atoms with Crippen molar-refractivity contribution in [2.75, 3.05) is 5.75 Å². The minimum absolute atomic E-state index is 0.0293. The molecule has 156 valence electrons. The van der Waals surface area contributed by atoms with E-state index < -0.39 is 0 Å². The molecule has 4 nitrogen and oxygen atoms in total. The first kappa shape index (κ1) is 20.7. The number of ketones is 1. The lowest BCUT2D eigenvalue weighted by Gasteiger charge is -2.13. The number of thioether (sulfide) groups is 1. The Labute approximate surface area is 196 Å². The van der Waals surface area contributed by atoms with E-state index in [2.05, 4.69) is 15.9 Å². The van der Waals surface area contributed by atoms with Crippen molar-refractivity contribution in [3.63, 3.8) is 0 Å². The molecule has 0 fully saturated rings. The third-order valence-electron chi connectivity index (χ3n) is 5.46. The molecular weight excluding hydrogens is 492 g/mol. The zero-order valence-corrected chi connectivity index (χ0v) is 19.9. The van der Waals surface area contributed by atoms with E-state index in [9.17, 15) is 9.59 Å². The zero-order valence-electron chi connectivity index (χ0n) is 16.6. The highest BCUT2D eigenvalue weighted by Crippen LogP contribution is 2.39. The maximum Gasteiger partial charge on any atom is 0.264 e. The number of aromatic nitrogens is 2. The quantitative estimate of drug-likeness (QED) is 0.230. The van der Waals surface area contributed by atoms with Gasteiger partial charge in [-0.2, -0.15) is 0 Å². The molecule has 0 atom stereocenters. The Bertz CT molecular complexity index is 1280. The number of carbonyl (C=O) groups is 2. The highest BCUT2D eigenvalue weighted by molar-refractivity contribution is 9.10. The van der Waals surface area contributed by atoms with Gasteiger partial charge in [0.2, 0.25) is 0 Å². The van der Waals surface area contributed by atoms with Gasteiger partial charge in [0.1, 0.15) is 4.83 Å². The molecule has 31 heavy (non-hydrogen) atoms. The zero-order chi connectivity index (χ0) is 21.4. The first-order chi connectivity index (χ1) is 15.1. The molecule has 7 heteroatoms. The van der Waals surface area contributed by atoms with Crippen LogP contribution in [0.1, 0.15) is 44.0 Å². The lowest BCUT2D eigenvalue weighted by Crippen LogP contribution is -2.15. The highest BCUT2D eigenvalue weighted by atomic mass is 79.9. The van der Waals surface area contributed by atoms with E-state index in [0.717, 1.165) is 34.1 Å². The second-order valence-electron chi connectivity index (χ2n) is 7.48. The summed E-state index contributed by atoms with van der Waals surface area (Å²) in [7, 11) is 0. The molecule has 0 spiro atoms. The van der Waals surface area contributed by atoms with Crippen LogP contribution in [-0.2, 0) is 12.8 Å². The van der Waals surface area contributed by atoms with Crippen molar-refractivity contribution in [3.05, 3.63) is 80.6 Å². The first-order valence-electron chi connectivity index (χ1n) is 10.2. The fourth-order valence-electron chi connectivity index (χ4n) is 3.92. The third-order valence-corrected chi connectivity index (χ3v) is 8.10. The summed E-state index contributed by atoms with van der Waals surface area (Å²) in [5, 5.41) is 0.590.